The standard InChI is InChI=1S/C6H16N2O/c1-6(5-7)8-3-4-9-2/h6,8H,3-5,7H2,1-2H3. The molecule has 0 bridgehead atoms. The van der Waals surface area contributed by atoms with Crippen molar-refractivity contribution in [1.29, 1.82) is 0 Å². The first-order chi connectivity index (χ1) is 4.31. The zero-order chi connectivity index (χ0) is 7.11. The van der Waals surface area contributed by atoms with Crippen molar-refractivity contribution in [3.8, 4) is 0 Å². The van der Waals surface area contributed by atoms with Gasteiger partial charge in [0.2, 0.25) is 0 Å². The normalized spacial score (nSPS) is 13.7. The fraction of sp³-hybridized carbons (Fsp3) is 1.00. The summed E-state index contributed by atoms with van der Waals surface area (Å²) >= 11 is 0. The van der Waals surface area contributed by atoms with E-state index in [0.29, 0.717) is 12.6 Å². The largest absolute Gasteiger partial charge is 0.383 e. The molecule has 0 aliphatic carbocycles. The molecule has 1 atom stereocenters. The molecule has 0 heterocycles. The Morgan fingerprint density at radius 1 is 1.67 bits per heavy atom. The Labute approximate surface area is 56.6 Å². The van der Waals surface area contributed by atoms with E-state index in [4.69, 9.17) is 10.5 Å². The fourth-order valence-corrected chi connectivity index (χ4v) is 0.491. The number of rotatable bonds is 5. The zero-order valence-corrected chi connectivity index (χ0v) is 6.18. The Morgan fingerprint density at radius 2 is 2.33 bits per heavy atom. The molecule has 0 saturated heterocycles. The van der Waals surface area contributed by atoms with Gasteiger partial charge in [0, 0.05) is 26.2 Å². The van der Waals surface area contributed by atoms with Gasteiger partial charge in [-0.25, -0.2) is 0 Å². The van der Waals surface area contributed by atoms with Crippen molar-refractivity contribution in [2.24, 2.45) is 5.73 Å². The van der Waals surface area contributed by atoms with Crippen LogP contribution in [-0.4, -0.2) is 32.8 Å². The molecule has 1 unspecified atom stereocenters. The summed E-state index contributed by atoms with van der Waals surface area (Å²) in [7, 11) is 1.69. The van der Waals surface area contributed by atoms with E-state index in [2.05, 4.69) is 12.2 Å². The molecule has 0 aromatic carbocycles. The predicted octanol–water partition coefficient (Wildman–Crippen LogP) is -0.430. The SMILES string of the molecule is COCCNC(C)CN. The summed E-state index contributed by atoms with van der Waals surface area (Å²) < 4.78 is 4.83. The van der Waals surface area contributed by atoms with Gasteiger partial charge in [-0.15, -0.1) is 0 Å². The predicted molar refractivity (Wildman–Crippen MR) is 38.4 cm³/mol. The van der Waals surface area contributed by atoms with Crippen LogP contribution in [0.3, 0.4) is 0 Å². The van der Waals surface area contributed by atoms with Crippen molar-refractivity contribution in [2.45, 2.75) is 13.0 Å². The van der Waals surface area contributed by atoms with Gasteiger partial charge in [0.25, 0.3) is 0 Å². The summed E-state index contributed by atoms with van der Waals surface area (Å²) in [5.41, 5.74) is 5.35. The lowest BCUT2D eigenvalue weighted by Gasteiger charge is -2.09. The topological polar surface area (TPSA) is 47.3 Å². The molecule has 0 saturated carbocycles. The highest BCUT2D eigenvalue weighted by atomic mass is 16.5. The van der Waals surface area contributed by atoms with E-state index in [1.54, 1.807) is 7.11 Å². The maximum absolute atomic E-state index is 5.35. The van der Waals surface area contributed by atoms with Gasteiger partial charge < -0.3 is 15.8 Å². The molecule has 0 rings (SSSR count). The Bertz CT molecular complexity index is 59.0. The fourth-order valence-electron chi connectivity index (χ4n) is 0.491. The molecular weight excluding hydrogens is 116 g/mol. The molecule has 56 valence electrons. The summed E-state index contributed by atoms with van der Waals surface area (Å²) in [5, 5.41) is 3.18. The molecule has 0 aliphatic rings. The van der Waals surface area contributed by atoms with Crippen LogP contribution in [0.5, 0.6) is 0 Å². The monoisotopic (exact) mass is 132 g/mol. The van der Waals surface area contributed by atoms with Crippen LogP contribution in [0.1, 0.15) is 6.92 Å². The van der Waals surface area contributed by atoms with Gasteiger partial charge in [0.1, 0.15) is 0 Å². The van der Waals surface area contributed by atoms with Crippen LogP contribution in [0.25, 0.3) is 0 Å². The zero-order valence-electron chi connectivity index (χ0n) is 6.18. The molecule has 9 heavy (non-hydrogen) atoms. The van der Waals surface area contributed by atoms with Crippen LogP contribution in [-0.2, 0) is 4.74 Å². The molecule has 0 radical (unpaired) electrons. The molecule has 0 aromatic rings. The lowest BCUT2D eigenvalue weighted by molar-refractivity contribution is 0.196. The lowest BCUT2D eigenvalue weighted by atomic mass is 10.3. The summed E-state index contributed by atoms with van der Waals surface area (Å²) in [4.78, 5) is 0. The van der Waals surface area contributed by atoms with Gasteiger partial charge in [-0.1, -0.05) is 0 Å². The van der Waals surface area contributed by atoms with Crippen molar-refractivity contribution < 1.29 is 4.74 Å². The first kappa shape index (κ1) is 8.88. The van der Waals surface area contributed by atoms with Gasteiger partial charge >= 0.3 is 0 Å². The Kier molecular flexibility index (Phi) is 5.93. The second kappa shape index (κ2) is 6.01. The van der Waals surface area contributed by atoms with E-state index in [1.807, 2.05) is 0 Å². The van der Waals surface area contributed by atoms with Gasteiger partial charge in [0.05, 0.1) is 6.61 Å². The summed E-state index contributed by atoms with van der Waals surface area (Å²) in [6.45, 7) is 4.37. The lowest BCUT2D eigenvalue weighted by Crippen LogP contribution is -2.35. The number of hydrogen-bond acceptors (Lipinski definition) is 3. The minimum absolute atomic E-state index is 0.403. The minimum Gasteiger partial charge on any atom is -0.383 e. The van der Waals surface area contributed by atoms with Crippen LogP contribution in [0, 0.1) is 0 Å². The molecule has 0 fully saturated rings. The maximum Gasteiger partial charge on any atom is 0.0587 e. The molecule has 3 heteroatoms. The Hall–Kier alpha value is -0.120. The Morgan fingerprint density at radius 3 is 2.78 bits per heavy atom. The number of ether oxygens (including phenoxy) is 1. The van der Waals surface area contributed by atoms with E-state index in [1.165, 1.54) is 0 Å². The third-order valence-corrected chi connectivity index (χ3v) is 1.15. The van der Waals surface area contributed by atoms with E-state index >= 15 is 0 Å². The molecule has 0 amide bonds. The van der Waals surface area contributed by atoms with Gasteiger partial charge in [-0.05, 0) is 6.92 Å². The van der Waals surface area contributed by atoms with Crippen LogP contribution in [0.15, 0.2) is 0 Å². The minimum atomic E-state index is 0.403. The van der Waals surface area contributed by atoms with Gasteiger partial charge in [0.15, 0.2) is 0 Å². The molecule has 3 N–H and O–H groups in total. The highest BCUT2D eigenvalue weighted by molar-refractivity contribution is 4.58. The Balaban J connectivity index is 2.88. The molecular formula is C6H16N2O. The average Bonchev–Trinajstić information content (AvgIpc) is 1.89. The first-order valence-electron chi connectivity index (χ1n) is 3.23. The van der Waals surface area contributed by atoms with Crippen molar-refractivity contribution in [2.75, 3.05) is 26.8 Å². The summed E-state index contributed by atoms with van der Waals surface area (Å²) in [6, 6.07) is 0.403. The highest BCUT2D eigenvalue weighted by Crippen LogP contribution is 1.73. The van der Waals surface area contributed by atoms with Gasteiger partial charge in [-0.2, -0.15) is 0 Å². The van der Waals surface area contributed by atoms with Crippen molar-refractivity contribution in [3.63, 3.8) is 0 Å². The van der Waals surface area contributed by atoms with Crippen LogP contribution in [0.4, 0.5) is 0 Å². The number of nitrogens with one attached hydrogen (secondary N) is 1. The molecule has 0 aliphatic heterocycles. The van der Waals surface area contributed by atoms with E-state index in [9.17, 15) is 0 Å². The van der Waals surface area contributed by atoms with Crippen molar-refractivity contribution >= 4 is 0 Å². The van der Waals surface area contributed by atoms with Crippen molar-refractivity contribution in [3.05, 3.63) is 0 Å². The van der Waals surface area contributed by atoms with Crippen LogP contribution in [0.2, 0.25) is 0 Å². The maximum atomic E-state index is 5.35. The van der Waals surface area contributed by atoms with Crippen molar-refractivity contribution in [1.82, 2.24) is 5.32 Å². The first-order valence-corrected chi connectivity index (χ1v) is 3.23. The number of hydrogen-bond donors (Lipinski definition) is 2. The second-order valence-corrected chi connectivity index (χ2v) is 2.08. The average molecular weight is 132 g/mol. The second-order valence-electron chi connectivity index (χ2n) is 2.08. The molecule has 0 aromatic heterocycles. The van der Waals surface area contributed by atoms with E-state index in [0.717, 1.165) is 13.2 Å². The third kappa shape index (κ3) is 5.76. The summed E-state index contributed by atoms with van der Waals surface area (Å²) in [6.07, 6.45) is 0. The summed E-state index contributed by atoms with van der Waals surface area (Å²) in [5.74, 6) is 0. The molecule has 0 spiro atoms. The smallest absolute Gasteiger partial charge is 0.0587 e. The quantitative estimate of drug-likeness (QED) is 0.499. The van der Waals surface area contributed by atoms with E-state index < -0.39 is 0 Å². The van der Waals surface area contributed by atoms with E-state index in [-0.39, 0.29) is 0 Å². The van der Waals surface area contributed by atoms with Crippen LogP contribution >= 0.6 is 0 Å². The van der Waals surface area contributed by atoms with Crippen LogP contribution < -0.4 is 11.1 Å². The third-order valence-electron chi connectivity index (χ3n) is 1.15. The number of methoxy groups -OCH3 is 1. The van der Waals surface area contributed by atoms with Gasteiger partial charge in [-0.3, -0.25) is 0 Å². The highest BCUT2D eigenvalue weighted by Gasteiger charge is 1.93. The molecule has 3 nitrogen and oxygen atoms in total. The number of nitrogens with two attached hydrogens (primary N) is 1.